The van der Waals surface area contributed by atoms with Gasteiger partial charge in [-0.25, -0.2) is 9.13 Å². The van der Waals surface area contributed by atoms with E-state index >= 15 is 0 Å². The number of carbonyl (C=O) groups is 4. The first-order valence-electron chi connectivity index (χ1n) is 44.8. The van der Waals surface area contributed by atoms with Crippen molar-refractivity contribution in [1.29, 1.82) is 0 Å². The third-order valence-electron chi connectivity index (χ3n) is 20.4. The number of hydrogen-bond acceptors (Lipinski definition) is 15. The van der Waals surface area contributed by atoms with Crippen molar-refractivity contribution in [1.82, 2.24) is 0 Å². The van der Waals surface area contributed by atoms with Crippen LogP contribution in [0.5, 0.6) is 0 Å². The van der Waals surface area contributed by atoms with Gasteiger partial charge in [0.15, 0.2) is 12.2 Å². The second kappa shape index (κ2) is 77.0. The Hall–Kier alpha value is -1.94. The number of ether oxygens (including phenoxy) is 4. The first kappa shape index (κ1) is 104. The van der Waals surface area contributed by atoms with Gasteiger partial charge in [-0.3, -0.25) is 37.3 Å². The predicted octanol–water partition coefficient (Wildman–Crippen LogP) is 26.5. The van der Waals surface area contributed by atoms with Gasteiger partial charge in [-0.05, 0) is 43.4 Å². The van der Waals surface area contributed by atoms with Crippen molar-refractivity contribution in [3.05, 3.63) is 0 Å². The van der Waals surface area contributed by atoms with E-state index in [1.165, 1.54) is 263 Å². The van der Waals surface area contributed by atoms with Crippen LogP contribution in [-0.2, 0) is 65.4 Å². The Morgan fingerprint density at radius 3 is 0.642 bits per heavy atom. The summed E-state index contributed by atoms with van der Waals surface area (Å²) < 4.78 is 68.9. The third kappa shape index (κ3) is 80.1. The molecular formula is C87H170O17P2. The molecule has 3 N–H and O–H groups in total. The van der Waals surface area contributed by atoms with E-state index in [0.717, 1.165) is 108 Å². The molecule has 0 aromatic rings. The fourth-order valence-corrected chi connectivity index (χ4v) is 15.1. The average molecular weight is 1550 g/mol. The molecule has 0 radical (unpaired) electrons. The fourth-order valence-electron chi connectivity index (χ4n) is 13.5. The van der Waals surface area contributed by atoms with Gasteiger partial charge in [-0.15, -0.1) is 0 Å². The van der Waals surface area contributed by atoms with Crippen molar-refractivity contribution >= 4 is 39.5 Å². The van der Waals surface area contributed by atoms with Crippen molar-refractivity contribution < 1.29 is 80.2 Å². The number of aliphatic hydroxyl groups is 1. The lowest BCUT2D eigenvalue weighted by Gasteiger charge is -2.21. The highest BCUT2D eigenvalue weighted by molar-refractivity contribution is 7.47. The number of carbonyl (C=O) groups excluding carboxylic acids is 4. The normalized spacial score (nSPS) is 13.9. The van der Waals surface area contributed by atoms with Gasteiger partial charge in [0.25, 0.3) is 0 Å². The van der Waals surface area contributed by atoms with Crippen LogP contribution in [-0.4, -0.2) is 96.7 Å². The molecule has 0 aliphatic carbocycles. The van der Waals surface area contributed by atoms with Gasteiger partial charge in [0, 0.05) is 25.7 Å². The van der Waals surface area contributed by atoms with Gasteiger partial charge in [0.1, 0.15) is 19.3 Å². The molecule has 0 fully saturated rings. The molecule has 2 unspecified atom stereocenters. The van der Waals surface area contributed by atoms with E-state index < -0.39 is 97.5 Å². The van der Waals surface area contributed by atoms with Crippen molar-refractivity contribution in [3.63, 3.8) is 0 Å². The minimum absolute atomic E-state index is 0.107. The first-order chi connectivity index (χ1) is 51.2. The smallest absolute Gasteiger partial charge is 0.462 e. The maximum Gasteiger partial charge on any atom is 0.472 e. The number of phosphoric acid groups is 2. The van der Waals surface area contributed by atoms with E-state index in [1.807, 2.05) is 0 Å². The zero-order valence-corrected chi connectivity index (χ0v) is 71.7. The summed E-state index contributed by atoms with van der Waals surface area (Å²) in [5.74, 6) is 0.192. The lowest BCUT2D eigenvalue weighted by atomic mass is 10.0. The molecule has 5 atom stereocenters. The highest BCUT2D eigenvalue weighted by Gasteiger charge is 2.30. The number of rotatable bonds is 85. The highest BCUT2D eigenvalue weighted by Crippen LogP contribution is 2.45. The number of unbranched alkanes of at least 4 members (excludes halogenated alkanes) is 53. The van der Waals surface area contributed by atoms with E-state index in [4.69, 9.17) is 37.0 Å². The van der Waals surface area contributed by atoms with Crippen LogP contribution in [0.1, 0.15) is 459 Å². The Balaban J connectivity index is 5.22. The Morgan fingerprint density at radius 1 is 0.255 bits per heavy atom. The second-order valence-corrected chi connectivity index (χ2v) is 35.6. The van der Waals surface area contributed by atoms with Gasteiger partial charge in [-0.2, -0.15) is 0 Å². The van der Waals surface area contributed by atoms with Crippen LogP contribution >= 0.6 is 15.6 Å². The van der Waals surface area contributed by atoms with Crippen LogP contribution in [0.3, 0.4) is 0 Å². The number of aliphatic hydroxyl groups excluding tert-OH is 1. The molecule has 106 heavy (non-hydrogen) atoms. The van der Waals surface area contributed by atoms with Gasteiger partial charge in [0.2, 0.25) is 0 Å². The monoisotopic (exact) mass is 1550 g/mol. The third-order valence-corrected chi connectivity index (χ3v) is 22.3. The van der Waals surface area contributed by atoms with E-state index in [-0.39, 0.29) is 25.7 Å². The van der Waals surface area contributed by atoms with Crippen LogP contribution in [0.2, 0.25) is 0 Å². The average Bonchev–Trinajstić information content (AvgIpc) is 0.904. The van der Waals surface area contributed by atoms with E-state index in [0.29, 0.717) is 31.6 Å². The van der Waals surface area contributed by atoms with Crippen LogP contribution in [0, 0.1) is 17.8 Å². The lowest BCUT2D eigenvalue weighted by molar-refractivity contribution is -0.161. The lowest BCUT2D eigenvalue weighted by Crippen LogP contribution is -2.30. The van der Waals surface area contributed by atoms with Gasteiger partial charge in [0.05, 0.1) is 26.4 Å². The summed E-state index contributed by atoms with van der Waals surface area (Å²) in [6.07, 6.45) is 68.2. The van der Waals surface area contributed by atoms with Crippen molar-refractivity contribution in [2.75, 3.05) is 39.6 Å². The van der Waals surface area contributed by atoms with E-state index in [9.17, 15) is 43.2 Å². The molecule has 0 aliphatic heterocycles. The fraction of sp³-hybridized carbons (Fsp3) is 0.954. The molecule has 0 heterocycles. The maximum absolute atomic E-state index is 13.2. The molecule has 0 aromatic carbocycles. The number of esters is 4. The molecule has 0 spiro atoms. The van der Waals surface area contributed by atoms with Crippen LogP contribution in [0.4, 0.5) is 0 Å². The standard InChI is InChI=1S/C87H170O17P2/c1-8-9-10-11-12-13-14-15-16-17-18-19-20-21-22-25-31-36-41-48-56-63-70-86(91)103-82(74-97-84(89)68-61-54-47-40-35-30-26-23-24-28-33-38-44-51-58-65-78(2)3)76-101-105(93,94)99-72-81(88)73-100-106(95,96)102-77-83(75-98-85(90)69-62-55-50-43-46-53-60-67-80(6)7)104-87(92)71-64-57-49-42-37-32-27-29-34-39-45-52-59-66-79(4)5/h78-83,88H,8-77H2,1-7H3,(H,93,94)(H,95,96)/t81-,82-,83-/m1/s1. The van der Waals surface area contributed by atoms with Crippen LogP contribution in [0.15, 0.2) is 0 Å². The summed E-state index contributed by atoms with van der Waals surface area (Å²) >= 11 is 0. The minimum atomic E-state index is -4.97. The molecule has 17 nitrogen and oxygen atoms in total. The van der Waals surface area contributed by atoms with Gasteiger partial charge >= 0.3 is 39.5 Å². The molecule has 0 bridgehead atoms. The quantitative estimate of drug-likeness (QED) is 0.0222. The Morgan fingerprint density at radius 2 is 0.434 bits per heavy atom. The molecule has 0 rings (SSSR count). The molecule has 0 saturated heterocycles. The zero-order valence-electron chi connectivity index (χ0n) is 69.9. The summed E-state index contributed by atoms with van der Waals surface area (Å²) in [7, 11) is -9.93. The maximum atomic E-state index is 13.2. The number of phosphoric ester groups is 2. The van der Waals surface area contributed by atoms with E-state index in [2.05, 4.69) is 48.5 Å². The van der Waals surface area contributed by atoms with Crippen molar-refractivity contribution in [3.8, 4) is 0 Å². The Bertz CT molecular complexity index is 2040. The molecule has 0 amide bonds. The van der Waals surface area contributed by atoms with Crippen molar-refractivity contribution in [2.24, 2.45) is 17.8 Å². The van der Waals surface area contributed by atoms with Gasteiger partial charge < -0.3 is 33.8 Å². The van der Waals surface area contributed by atoms with Crippen molar-refractivity contribution in [2.45, 2.75) is 478 Å². The predicted molar refractivity (Wildman–Crippen MR) is 437 cm³/mol. The summed E-state index contributed by atoms with van der Waals surface area (Å²) in [4.78, 5) is 73.2. The Kier molecular flexibility index (Phi) is 75.6. The molecule has 630 valence electrons. The summed E-state index contributed by atoms with van der Waals surface area (Å²) in [6, 6.07) is 0. The topological polar surface area (TPSA) is 237 Å². The summed E-state index contributed by atoms with van der Waals surface area (Å²) in [5, 5.41) is 10.7. The first-order valence-corrected chi connectivity index (χ1v) is 47.8. The Labute approximate surface area is 651 Å². The molecule has 0 aliphatic rings. The van der Waals surface area contributed by atoms with Crippen LogP contribution < -0.4 is 0 Å². The molecular weight excluding hydrogens is 1380 g/mol. The van der Waals surface area contributed by atoms with Crippen LogP contribution in [0.25, 0.3) is 0 Å². The largest absolute Gasteiger partial charge is 0.472 e. The SMILES string of the molecule is CCCCCCCCCCCCCCCCCCCCCCCCC(=O)O[C@H](COC(=O)CCCCCCCCCCCCCCCCCC(C)C)COP(=O)(O)OC[C@@H](O)COP(=O)(O)OC[C@@H](COC(=O)CCCCCCCCCC(C)C)OC(=O)CCCCCCCCCCCCCCCC(C)C. The van der Waals surface area contributed by atoms with E-state index in [1.54, 1.807) is 0 Å². The summed E-state index contributed by atoms with van der Waals surface area (Å²) in [5.41, 5.74) is 0. The molecule has 19 heteroatoms. The minimum Gasteiger partial charge on any atom is -0.462 e. The summed E-state index contributed by atoms with van der Waals surface area (Å²) in [6.45, 7) is 12.0. The zero-order chi connectivity index (χ0) is 77.9. The van der Waals surface area contributed by atoms with Gasteiger partial charge in [-0.1, -0.05) is 408 Å². The number of hydrogen-bond donors (Lipinski definition) is 3. The molecule has 0 saturated carbocycles. The highest BCUT2D eigenvalue weighted by atomic mass is 31.2. The molecule has 0 aromatic heterocycles. The second-order valence-electron chi connectivity index (χ2n) is 32.7.